The second-order valence-corrected chi connectivity index (χ2v) is 9.41. The molecule has 4 atom stereocenters. The zero-order valence-electron chi connectivity index (χ0n) is 20.3. The van der Waals surface area contributed by atoms with Crippen molar-refractivity contribution in [2.45, 2.75) is 26.7 Å². The number of anilines is 2. The molecular weight excluding hydrogens is 460 g/mol. The van der Waals surface area contributed by atoms with E-state index in [1.165, 1.54) is 4.90 Å². The number of esters is 1. The number of amides is 3. The van der Waals surface area contributed by atoms with Crippen LogP contribution in [0.3, 0.4) is 0 Å². The van der Waals surface area contributed by atoms with Gasteiger partial charge < -0.3 is 14.4 Å². The monoisotopic (exact) mass is 488 g/mol. The topological polar surface area (TPSA) is 93.2 Å². The average molecular weight is 489 g/mol. The lowest BCUT2D eigenvalue weighted by molar-refractivity contribution is -0.139. The predicted molar refractivity (Wildman–Crippen MR) is 133 cm³/mol. The minimum atomic E-state index is -0.595. The van der Waals surface area contributed by atoms with Gasteiger partial charge in [-0.3, -0.25) is 24.1 Å². The third kappa shape index (κ3) is 4.27. The van der Waals surface area contributed by atoms with E-state index in [-0.39, 0.29) is 48.4 Å². The fourth-order valence-corrected chi connectivity index (χ4v) is 5.27. The minimum absolute atomic E-state index is 0.0155. The summed E-state index contributed by atoms with van der Waals surface area (Å²) in [5, 5.41) is 0. The number of carbonyl (C=O) groups excluding carboxylic acids is 4. The van der Waals surface area contributed by atoms with Gasteiger partial charge in [-0.05, 0) is 67.8 Å². The Bertz CT molecular complexity index is 1220. The molecular formula is C28H28N2O6. The minimum Gasteiger partial charge on any atom is -0.494 e. The highest BCUT2D eigenvalue weighted by Gasteiger charge is 2.50. The zero-order valence-corrected chi connectivity index (χ0v) is 20.3. The lowest BCUT2D eigenvalue weighted by Crippen LogP contribution is -2.31. The van der Waals surface area contributed by atoms with Gasteiger partial charge in [-0.25, -0.2) is 0 Å². The molecule has 0 aromatic heterocycles. The largest absolute Gasteiger partial charge is 0.494 e. The molecule has 186 valence electrons. The van der Waals surface area contributed by atoms with Gasteiger partial charge in [0.15, 0.2) is 0 Å². The number of nitrogens with zero attached hydrogens (tertiary/aromatic N) is 2. The molecule has 0 bridgehead atoms. The van der Waals surface area contributed by atoms with Crippen LogP contribution in [0.2, 0.25) is 0 Å². The molecule has 36 heavy (non-hydrogen) atoms. The van der Waals surface area contributed by atoms with Crippen LogP contribution in [0.4, 0.5) is 11.4 Å². The van der Waals surface area contributed by atoms with E-state index in [1.54, 1.807) is 53.4 Å². The number of carbonyl (C=O) groups is 4. The van der Waals surface area contributed by atoms with Crippen LogP contribution < -0.4 is 19.3 Å². The summed E-state index contributed by atoms with van der Waals surface area (Å²) >= 11 is 0. The molecule has 8 heteroatoms. The third-order valence-electron chi connectivity index (χ3n) is 7.10. The summed E-state index contributed by atoms with van der Waals surface area (Å²) < 4.78 is 11.0. The maximum Gasteiger partial charge on any atom is 0.316 e. The standard InChI is InChI=1S/C28H28N2O6/c1-3-35-21-11-7-19(8-12-21)29-16-18(15-24(29)31)28(34)36-22-13-9-20(10-14-22)30-26(32)23-6-4-5-17(2)25(23)27(30)33/h4-5,7-14,17-18,23,25H,3,6,15-16H2,1-2H3/t17-,18+,23-,25+/m1/s1. The molecule has 8 nitrogen and oxygen atoms in total. The Morgan fingerprint density at radius 2 is 1.61 bits per heavy atom. The van der Waals surface area contributed by atoms with E-state index >= 15 is 0 Å². The second kappa shape index (κ2) is 9.60. The molecule has 2 aromatic carbocycles. The predicted octanol–water partition coefficient (Wildman–Crippen LogP) is 3.75. The van der Waals surface area contributed by atoms with Crippen LogP contribution in [0.5, 0.6) is 11.5 Å². The number of fused-ring (bicyclic) bond motifs is 1. The molecule has 0 spiro atoms. The smallest absolute Gasteiger partial charge is 0.316 e. The van der Waals surface area contributed by atoms with E-state index in [0.717, 1.165) is 5.75 Å². The van der Waals surface area contributed by atoms with E-state index in [1.807, 2.05) is 26.0 Å². The zero-order chi connectivity index (χ0) is 25.4. The van der Waals surface area contributed by atoms with Gasteiger partial charge in [0.05, 0.1) is 30.0 Å². The number of hydrogen-bond acceptors (Lipinski definition) is 6. The van der Waals surface area contributed by atoms with Crippen molar-refractivity contribution in [3.05, 3.63) is 60.7 Å². The normalized spacial score (nSPS) is 25.3. The molecule has 2 saturated heterocycles. The lowest BCUT2D eigenvalue weighted by atomic mass is 9.78. The van der Waals surface area contributed by atoms with Crippen LogP contribution in [0.15, 0.2) is 60.7 Å². The highest BCUT2D eigenvalue weighted by molar-refractivity contribution is 6.22. The third-order valence-corrected chi connectivity index (χ3v) is 7.10. The van der Waals surface area contributed by atoms with Gasteiger partial charge in [-0.1, -0.05) is 19.1 Å². The summed E-state index contributed by atoms with van der Waals surface area (Å²) in [5.74, 6) is -1.25. The van der Waals surface area contributed by atoms with E-state index in [0.29, 0.717) is 30.2 Å². The van der Waals surface area contributed by atoms with Crippen molar-refractivity contribution in [3.63, 3.8) is 0 Å². The van der Waals surface area contributed by atoms with Crippen molar-refractivity contribution in [2.75, 3.05) is 23.0 Å². The molecule has 2 fully saturated rings. The fraction of sp³-hybridized carbons (Fsp3) is 0.357. The fourth-order valence-electron chi connectivity index (χ4n) is 5.27. The Labute approximate surface area is 209 Å². The van der Waals surface area contributed by atoms with Gasteiger partial charge in [-0.2, -0.15) is 0 Å². The highest BCUT2D eigenvalue weighted by atomic mass is 16.5. The molecule has 0 saturated carbocycles. The molecule has 0 radical (unpaired) electrons. The number of ether oxygens (including phenoxy) is 2. The molecule has 5 rings (SSSR count). The van der Waals surface area contributed by atoms with Gasteiger partial charge >= 0.3 is 5.97 Å². The first-order valence-corrected chi connectivity index (χ1v) is 12.3. The van der Waals surface area contributed by atoms with Crippen LogP contribution in [0, 0.1) is 23.7 Å². The summed E-state index contributed by atoms with van der Waals surface area (Å²) in [7, 11) is 0. The summed E-state index contributed by atoms with van der Waals surface area (Å²) in [5.41, 5.74) is 1.16. The van der Waals surface area contributed by atoms with Crippen LogP contribution in [0.1, 0.15) is 26.7 Å². The highest BCUT2D eigenvalue weighted by Crippen LogP contribution is 2.40. The van der Waals surface area contributed by atoms with E-state index in [4.69, 9.17) is 9.47 Å². The van der Waals surface area contributed by atoms with E-state index in [9.17, 15) is 19.2 Å². The second-order valence-electron chi connectivity index (χ2n) is 9.41. The first-order valence-electron chi connectivity index (χ1n) is 12.3. The van der Waals surface area contributed by atoms with E-state index in [2.05, 4.69) is 0 Å². The van der Waals surface area contributed by atoms with Crippen molar-refractivity contribution in [3.8, 4) is 11.5 Å². The Kier molecular flexibility index (Phi) is 6.35. The summed E-state index contributed by atoms with van der Waals surface area (Å²) in [6.45, 7) is 4.64. The van der Waals surface area contributed by atoms with E-state index < -0.39 is 11.9 Å². The Balaban J connectivity index is 1.22. The SMILES string of the molecule is CCOc1ccc(N2C[C@@H](C(=O)Oc3ccc(N4C(=O)[C@H]5[C@H](C)C=CC[C@H]5C4=O)cc3)CC2=O)cc1. The molecule has 3 amide bonds. The van der Waals surface area contributed by atoms with Crippen molar-refractivity contribution in [1.82, 2.24) is 0 Å². The Morgan fingerprint density at radius 1 is 0.944 bits per heavy atom. The van der Waals surface area contributed by atoms with Crippen molar-refractivity contribution < 1.29 is 28.7 Å². The summed E-state index contributed by atoms with van der Waals surface area (Å²) in [4.78, 5) is 54.0. The molecule has 0 unspecified atom stereocenters. The number of allylic oxidation sites excluding steroid dienone is 2. The van der Waals surface area contributed by atoms with Crippen molar-refractivity contribution in [2.24, 2.45) is 23.7 Å². The average Bonchev–Trinajstić information content (AvgIpc) is 3.38. The van der Waals surface area contributed by atoms with Gasteiger partial charge in [0, 0.05) is 18.7 Å². The lowest BCUT2D eigenvalue weighted by Gasteiger charge is -2.22. The van der Waals surface area contributed by atoms with Crippen LogP contribution in [0.25, 0.3) is 0 Å². The number of rotatable bonds is 6. The first-order chi connectivity index (χ1) is 17.4. The van der Waals surface area contributed by atoms with Crippen LogP contribution >= 0.6 is 0 Å². The number of benzene rings is 2. The maximum atomic E-state index is 13.0. The van der Waals surface area contributed by atoms with Gasteiger partial charge in [0.2, 0.25) is 17.7 Å². The van der Waals surface area contributed by atoms with Crippen molar-refractivity contribution in [1.29, 1.82) is 0 Å². The molecule has 2 heterocycles. The van der Waals surface area contributed by atoms with Gasteiger partial charge in [0.25, 0.3) is 0 Å². The van der Waals surface area contributed by atoms with Gasteiger partial charge in [0.1, 0.15) is 11.5 Å². The molecule has 0 N–H and O–H groups in total. The molecule has 2 aromatic rings. The quantitative estimate of drug-likeness (QED) is 0.266. The molecule has 3 aliphatic rings. The van der Waals surface area contributed by atoms with Gasteiger partial charge in [-0.15, -0.1) is 0 Å². The summed E-state index contributed by atoms with van der Waals surface area (Å²) in [6, 6.07) is 13.5. The Hall–Kier alpha value is -3.94. The Morgan fingerprint density at radius 3 is 2.28 bits per heavy atom. The molecule has 2 aliphatic heterocycles. The number of imide groups is 1. The molecule has 1 aliphatic carbocycles. The number of hydrogen-bond donors (Lipinski definition) is 0. The van der Waals surface area contributed by atoms with Crippen LogP contribution in [-0.4, -0.2) is 36.8 Å². The maximum absolute atomic E-state index is 13.0. The van der Waals surface area contributed by atoms with Crippen molar-refractivity contribution >= 4 is 35.1 Å². The van der Waals surface area contributed by atoms with Crippen LogP contribution in [-0.2, 0) is 19.2 Å². The first kappa shape index (κ1) is 23.8. The summed E-state index contributed by atoms with van der Waals surface area (Å²) in [6.07, 6.45) is 4.59.